The number of hydrogen-bond donors (Lipinski definition) is 2. The van der Waals surface area contributed by atoms with E-state index in [1.165, 1.54) is 5.56 Å². The van der Waals surface area contributed by atoms with Gasteiger partial charge in [-0.3, -0.25) is 0 Å². The van der Waals surface area contributed by atoms with Gasteiger partial charge in [0.1, 0.15) is 0 Å². The van der Waals surface area contributed by atoms with Gasteiger partial charge in [0.15, 0.2) is 0 Å². The number of hydrogen-bond acceptors (Lipinski definition) is 2. The first kappa shape index (κ1) is 11.2. The summed E-state index contributed by atoms with van der Waals surface area (Å²) in [5.41, 5.74) is 14.1. The molecule has 0 saturated carbocycles. The van der Waals surface area contributed by atoms with Gasteiger partial charge >= 0.3 is 0 Å². The van der Waals surface area contributed by atoms with E-state index < -0.39 is 0 Å². The highest BCUT2D eigenvalue weighted by Gasteiger charge is 2.21. The molecular formula is C12H20N2. The van der Waals surface area contributed by atoms with Crippen LogP contribution in [0.25, 0.3) is 0 Å². The summed E-state index contributed by atoms with van der Waals surface area (Å²) < 4.78 is 0. The first-order chi connectivity index (χ1) is 6.45. The van der Waals surface area contributed by atoms with Gasteiger partial charge in [0.2, 0.25) is 0 Å². The van der Waals surface area contributed by atoms with Crippen molar-refractivity contribution in [3.63, 3.8) is 0 Å². The topological polar surface area (TPSA) is 52.0 Å². The summed E-state index contributed by atoms with van der Waals surface area (Å²) in [6.07, 6.45) is 0. The van der Waals surface area contributed by atoms with E-state index in [2.05, 4.69) is 32.9 Å². The summed E-state index contributed by atoms with van der Waals surface area (Å²) in [6.45, 7) is 7.03. The van der Waals surface area contributed by atoms with Gasteiger partial charge in [0, 0.05) is 12.6 Å². The van der Waals surface area contributed by atoms with Crippen molar-refractivity contribution in [1.82, 2.24) is 0 Å². The van der Waals surface area contributed by atoms with Crippen LogP contribution in [0.4, 0.5) is 0 Å². The molecule has 0 aliphatic heterocycles. The quantitative estimate of drug-likeness (QED) is 0.754. The monoisotopic (exact) mass is 192 g/mol. The lowest BCUT2D eigenvalue weighted by Gasteiger charge is -2.27. The Morgan fingerprint density at radius 3 is 2.00 bits per heavy atom. The van der Waals surface area contributed by atoms with Crippen molar-refractivity contribution in [1.29, 1.82) is 0 Å². The fraction of sp³-hybridized carbons (Fsp3) is 0.500. The maximum absolute atomic E-state index is 6.13. The van der Waals surface area contributed by atoms with Crippen LogP contribution in [0, 0.1) is 5.41 Å². The van der Waals surface area contributed by atoms with E-state index in [0.717, 1.165) is 5.56 Å². The third kappa shape index (κ3) is 2.56. The van der Waals surface area contributed by atoms with Crippen LogP contribution in [0.2, 0.25) is 0 Å². The zero-order valence-electron chi connectivity index (χ0n) is 9.25. The molecule has 0 amide bonds. The van der Waals surface area contributed by atoms with Crippen molar-refractivity contribution < 1.29 is 0 Å². The van der Waals surface area contributed by atoms with Gasteiger partial charge < -0.3 is 11.5 Å². The largest absolute Gasteiger partial charge is 0.326 e. The molecule has 4 N–H and O–H groups in total. The molecule has 0 bridgehead atoms. The first-order valence-corrected chi connectivity index (χ1v) is 4.99. The minimum atomic E-state index is 0.0781. The molecule has 0 aromatic heterocycles. The van der Waals surface area contributed by atoms with Crippen molar-refractivity contribution in [3.05, 3.63) is 35.4 Å². The molecule has 14 heavy (non-hydrogen) atoms. The van der Waals surface area contributed by atoms with Crippen molar-refractivity contribution in [2.75, 3.05) is 0 Å². The van der Waals surface area contributed by atoms with Crippen molar-refractivity contribution in [3.8, 4) is 0 Å². The van der Waals surface area contributed by atoms with Crippen molar-refractivity contribution >= 4 is 0 Å². The van der Waals surface area contributed by atoms with Crippen LogP contribution < -0.4 is 11.5 Å². The minimum Gasteiger partial charge on any atom is -0.326 e. The Balaban J connectivity index is 2.87. The van der Waals surface area contributed by atoms with Gasteiger partial charge in [-0.1, -0.05) is 45.0 Å². The molecule has 0 spiro atoms. The maximum Gasteiger partial charge on any atom is 0.0344 e. The van der Waals surface area contributed by atoms with Gasteiger partial charge in [-0.05, 0) is 16.5 Å². The number of benzene rings is 1. The second-order valence-corrected chi connectivity index (χ2v) is 4.79. The molecule has 78 valence electrons. The van der Waals surface area contributed by atoms with Crippen LogP contribution >= 0.6 is 0 Å². The van der Waals surface area contributed by atoms with Crippen LogP contribution in [-0.4, -0.2) is 0 Å². The molecule has 1 unspecified atom stereocenters. The summed E-state index contributed by atoms with van der Waals surface area (Å²) in [4.78, 5) is 0. The van der Waals surface area contributed by atoms with Crippen LogP contribution in [0.5, 0.6) is 0 Å². The summed E-state index contributed by atoms with van der Waals surface area (Å²) in [5, 5.41) is 0. The predicted molar refractivity (Wildman–Crippen MR) is 60.7 cm³/mol. The lowest BCUT2D eigenvalue weighted by molar-refractivity contribution is 0.327. The third-order valence-electron chi connectivity index (χ3n) is 2.51. The number of rotatable bonds is 2. The molecule has 0 aliphatic rings. The van der Waals surface area contributed by atoms with E-state index in [1.54, 1.807) is 0 Å². The molecule has 0 aliphatic carbocycles. The fourth-order valence-electron chi connectivity index (χ4n) is 1.36. The van der Waals surface area contributed by atoms with Gasteiger partial charge in [0.05, 0.1) is 0 Å². The second kappa shape index (κ2) is 4.11. The van der Waals surface area contributed by atoms with Gasteiger partial charge in [0.25, 0.3) is 0 Å². The number of nitrogens with two attached hydrogens (primary N) is 2. The standard InChI is InChI=1S/C12H20N2/c1-12(2,3)11(14)10-6-4-9(8-13)5-7-10/h4-7,11H,8,13-14H2,1-3H3. The Morgan fingerprint density at radius 1 is 1.14 bits per heavy atom. The summed E-state index contributed by atoms with van der Waals surface area (Å²) in [6, 6.07) is 8.30. The second-order valence-electron chi connectivity index (χ2n) is 4.79. The summed E-state index contributed by atoms with van der Waals surface area (Å²) in [5.74, 6) is 0. The highest BCUT2D eigenvalue weighted by molar-refractivity contribution is 5.25. The molecule has 0 fully saturated rings. The van der Waals surface area contributed by atoms with E-state index in [-0.39, 0.29) is 11.5 Å². The predicted octanol–water partition coefficient (Wildman–Crippen LogP) is 2.19. The lowest BCUT2D eigenvalue weighted by atomic mass is 9.83. The Labute approximate surface area is 86.3 Å². The minimum absolute atomic E-state index is 0.0781. The smallest absolute Gasteiger partial charge is 0.0344 e. The normalized spacial score (nSPS) is 14.1. The summed E-state index contributed by atoms with van der Waals surface area (Å²) >= 11 is 0. The van der Waals surface area contributed by atoms with E-state index in [9.17, 15) is 0 Å². The SMILES string of the molecule is CC(C)(C)C(N)c1ccc(CN)cc1. The highest BCUT2D eigenvalue weighted by Crippen LogP contribution is 2.30. The van der Waals surface area contributed by atoms with Crippen LogP contribution in [-0.2, 0) is 6.54 Å². The van der Waals surface area contributed by atoms with Crippen molar-refractivity contribution in [2.45, 2.75) is 33.4 Å². The molecule has 1 rings (SSSR count). The van der Waals surface area contributed by atoms with Crippen LogP contribution in [0.15, 0.2) is 24.3 Å². The van der Waals surface area contributed by atoms with E-state index in [4.69, 9.17) is 11.5 Å². The van der Waals surface area contributed by atoms with Gasteiger partial charge in [-0.2, -0.15) is 0 Å². The van der Waals surface area contributed by atoms with E-state index >= 15 is 0 Å². The fourth-order valence-corrected chi connectivity index (χ4v) is 1.36. The molecule has 2 heteroatoms. The van der Waals surface area contributed by atoms with Crippen LogP contribution in [0.1, 0.15) is 37.9 Å². The first-order valence-electron chi connectivity index (χ1n) is 4.99. The Kier molecular flexibility index (Phi) is 3.29. The molecule has 2 nitrogen and oxygen atoms in total. The Bertz CT molecular complexity index is 282. The Morgan fingerprint density at radius 2 is 1.64 bits per heavy atom. The molecule has 1 aromatic carbocycles. The zero-order chi connectivity index (χ0) is 10.8. The van der Waals surface area contributed by atoms with Crippen molar-refractivity contribution in [2.24, 2.45) is 16.9 Å². The average molecular weight is 192 g/mol. The molecule has 1 atom stereocenters. The Hall–Kier alpha value is -0.860. The van der Waals surface area contributed by atoms with Crippen LogP contribution in [0.3, 0.4) is 0 Å². The molecular weight excluding hydrogens is 172 g/mol. The molecule has 0 radical (unpaired) electrons. The van der Waals surface area contributed by atoms with Gasteiger partial charge in [-0.15, -0.1) is 0 Å². The van der Waals surface area contributed by atoms with Gasteiger partial charge in [-0.25, -0.2) is 0 Å². The summed E-state index contributed by atoms with van der Waals surface area (Å²) in [7, 11) is 0. The zero-order valence-corrected chi connectivity index (χ0v) is 9.25. The molecule has 0 saturated heterocycles. The maximum atomic E-state index is 6.13. The van der Waals surface area contributed by atoms with E-state index in [1.807, 2.05) is 12.1 Å². The average Bonchev–Trinajstić information content (AvgIpc) is 2.15. The third-order valence-corrected chi connectivity index (χ3v) is 2.51. The molecule has 1 aromatic rings. The highest BCUT2D eigenvalue weighted by atomic mass is 14.7. The van der Waals surface area contributed by atoms with E-state index in [0.29, 0.717) is 6.54 Å². The molecule has 0 heterocycles. The lowest BCUT2D eigenvalue weighted by Crippen LogP contribution is -2.26.